The Kier molecular flexibility index (Phi) is 12.3. The minimum Gasteiger partial charge on any atom is -0.507 e. The van der Waals surface area contributed by atoms with Gasteiger partial charge in [0.1, 0.15) is 11.5 Å². The summed E-state index contributed by atoms with van der Waals surface area (Å²) in [5.74, 6) is -0.197. The van der Waals surface area contributed by atoms with Crippen LogP contribution in [0.3, 0.4) is 0 Å². The minimum absolute atomic E-state index is 0.0431. The number of ether oxygens (including phenoxy) is 2. The number of rotatable bonds is 7. The summed E-state index contributed by atoms with van der Waals surface area (Å²) >= 11 is 0. The maximum absolute atomic E-state index is 11.9. The van der Waals surface area contributed by atoms with Crippen LogP contribution in [0, 0.1) is 0 Å². The molecule has 8 nitrogen and oxygen atoms in total. The summed E-state index contributed by atoms with van der Waals surface area (Å²) < 4.78 is 9.73. The second-order valence-electron chi connectivity index (χ2n) is 9.31. The van der Waals surface area contributed by atoms with Gasteiger partial charge >= 0.3 is 0 Å². The summed E-state index contributed by atoms with van der Waals surface area (Å²) in [5.41, 5.74) is 0.704. The Bertz CT molecular complexity index is 1460. The molecule has 8 heteroatoms. The standard InChI is InChI=1S/C15H15NO2.C12H10O2.C5H13NO2/c1-16(2)10-9-14(17)13-8-7-11-5-3-4-6-12(11)15(13)18;1-8(13)10-7-6-9-4-2-3-5-11(9)12(10)14;1-6(2)5(7-3)8-4/h3-10,18H,1-2H3;2-7,14H,1H3;5H,1-4H3/b10-9+;;. The molecule has 0 spiro atoms. The highest BCUT2D eigenvalue weighted by Crippen LogP contribution is 2.29. The quantitative estimate of drug-likeness (QED) is 0.174. The summed E-state index contributed by atoms with van der Waals surface area (Å²) in [6, 6.07) is 21.9. The van der Waals surface area contributed by atoms with Gasteiger partial charge in [0.05, 0.1) is 11.1 Å². The number of hydrogen-bond donors (Lipinski definition) is 2. The number of phenols is 2. The first kappa shape index (κ1) is 32.0. The molecular formula is C32H38N2O6. The van der Waals surface area contributed by atoms with Crippen LogP contribution in [0.4, 0.5) is 0 Å². The maximum Gasteiger partial charge on any atom is 0.217 e. The molecule has 4 aromatic carbocycles. The fourth-order valence-electron chi connectivity index (χ4n) is 3.82. The number of ketones is 2. The number of methoxy groups -OCH3 is 2. The molecule has 0 radical (unpaired) electrons. The van der Waals surface area contributed by atoms with Crippen LogP contribution < -0.4 is 0 Å². The van der Waals surface area contributed by atoms with Crippen molar-refractivity contribution in [1.82, 2.24) is 9.80 Å². The normalized spacial score (nSPS) is 10.8. The number of hydrogen-bond acceptors (Lipinski definition) is 8. The highest BCUT2D eigenvalue weighted by molar-refractivity contribution is 6.10. The SMILES string of the molecule is CC(=O)c1ccc2ccccc2c1O.CN(C)/C=C/C(=O)c1ccc2ccccc2c1O.COC(OC)N(C)C. The summed E-state index contributed by atoms with van der Waals surface area (Å²) in [4.78, 5) is 26.7. The lowest BCUT2D eigenvalue weighted by atomic mass is 10.0. The largest absolute Gasteiger partial charge is 0.507 e. The van der Waals surface area contributed by atoms with Crippen molar-refractivity contribution in [3.05, 3.63) is 96.2 Å². The molecule has 0 aliphatic carbocycles. The predicted molar refractivity (Wildman–Crippen MR) is 160 cm³/mol. The van der Waals surface area contributed by atoms with Gasteiger partial charge in [-0.25, -0.2) is 0 Å². The summed E-state index contributed by atoms with van der Waals surface area (Å²) in [6.07, 6.45) is 2.90. The fourth-order valence-corrected chi connectivity index (χ4v) is 3.82. The molecule has 0 saturated carbocycles. The van der Waals surface area contributed by atoms with Crippen LogP contribution in [-0.2, 0) is 9.47 Å². The van der Waals surface area contributed by atoms with Crippen molar-refractivity contribution in [2.45, 2.75) is 13.3 Å². The second-order valence-corrected chi connectivity index (χ2v) is 9.31. The zero-order valence-electron chi connectivity index (χ0n) is 24.1. The van der Waals surface area contributed by atoms with E-state index in [-0.39, 0.29) is 29.5 Å². The van der Waals surface area contributed by atoms with E-state index in [9.17, 15) is 19.8 Å². The molecule has 212 valence electrons. The third-order valence-electron chi connectivity index (χ3n) is 5.79. The number of carbonyl (C=O) groups excluding carboxylic acids is 2. The van der Waals surface area contributed by atoms with Crippen molar-refractivity contribution in [2.24, 2.45) is 0 Å². The van der Waals surface area contributed by atoms with E-state index in [4.69, 9.17) is 9.47 Å². The van der Waals surface area contributed by atoms with E-state index in [1.807, 2.05) is 81.6 Å². The van der Waals surface area contributed by atoms with Gasteiger partial charge < -0.3 is 24.6 Å². The first-order valence-electron chi connectivity index (χ1n) is 12.5. The van der Waals surface area contributed by atoms with Crippen LogP contribution in [0.15, 0.2) is 85.1 Å². The Morgan fingerprint density at radius 1 is 0.725 bits per heavy atom. The van der Waals surface area contributed by atoms with Crippen LogP contribution in [0.25, 0.3) is 21.5 Å². The number of nitrogens with zero attached hydrogens (tertiary/aromatic N) is 2. The van der Waals surface area contributed by atoms with E-state index in [1.54, 1.807) is 49.6 Å². The molecule has 0 bridgehead atoms. The van der Waals surface area contributed by atoms with Gasteiger partial charge in [-0.15, -0.1) is 0 Å². The summed E-state index contributed by atoms with van der Waals surface area (Å²) in [5, 5.41) is 23.2. The second kappa shape index (κ2) is 15.4. The molecule has 0 atom stereocenters. The number of Topliss-reactive ketones (excluding diaryl/α,β-unsaturated/α-hetero) is 1. The first-order valence-corrected chi connectivity index (χ1v) is 12.5. The molecule has 0 heterocycles. The van der Waals surface area contributed by atoms with Gasteiger partial charge in [0.15, 0.2) is 11.6 Å². The molecule has 0 aliphatic rings. The maximum atomic E-state index is 11.9. The highest BCUT2D eigenvalue weighted by atomic mass is 16.7. The number of phenolic OH excluding ortho intramolecular Hbond substituents is 2. The molecule has 0 aliphatic heterocycles. The van der Waals surface area contributed by atoms with Crippen molar-refractivity contribution in [1.29, 1.82) is 0 Å². The third kappa shape index (κ3) is 8.64. The van der Waals surface area contributed by atoms with Crippen molar-refractivity contribution in [3.63, 3.8) is 0 Å². The molecular weight excluding hydrogens is 508 g/mol. The van der Waals surface area contributed by atoms with Gasteiger partial charge in [0.25, 0.3) is 0 Å². The molecule has 0 unspecified atom stereocenters. The average Bonchev–Trinajstić information content (AvgIpc) is 2.93. The number of aromatic hydroxyl groups is 2. The molecule has 40 heavy (non-hydrogen) atoms. The predicted octanol–water partition coefficient (Wildman–Crippen LogP) is 5.68. The molecule has 2 N–H and O–H groups in total. The number of allylic oxidation sites excluding steroid dienone is 1. The van der Waals surface area contributed by atoms with E-state index >= 15 is 0 Å². The Morgan fingerprint density at radius 3 is 1.57 bits per heavy atom. The van der Waals surface area contributed by atoms with Gasteiger partial charge in [-0.05, 0) is 43.9 Å². The lowest BCUT2D eigenvalue weighted by molar-refractivity contribution is -0.179. The number of carbonyl (C=O) groups is 2. The van der Waals surface area contributed by atoms with Crippen LogP contribution in [0.1, 0.15) is 27.6 Å². The monoisotopic (exact) mass is 546 g/mol. The van der Waals surface area contributed by atoms with E-state index in [0.717, 1.165) is 16.2 Å². The van der Waals surface area contributed by atoms with Crippen molar-refractivity contribution >= 4 is 33.1 Å². The average molecular weight is 547 g/mol. The van der Waals surface area contributed by atoms with Gasteiger partial charge in [-0.1, -0.05) is 60.7 Å². The lowest BCUT2D eigenvalue weighted by Crippen LogP contribution is -2.30. The van der Waals surface area contributed by atoms with E-state index in [1.165, 1.54) is 13.0 Å². The summed E-state index contributed by atoms with van der Waals surface area (Å²) in [7, 11) is 10.7. The van der Waals surface area contributed by atoms with Crippen molar-refractivity contribution < 1.29 is 29.3 Å². The molecule has 4 aromatic rings. The molecule has 0 aromatic heterocycles. The number of benzene rings is 4. The van der Waals surface area contributed by atoms with Crippen LogP contribution in [0.2, 0.25) is 0 Å². The first-order chi connectivity index (χ1) is 19.0. The van der Waals surface area contributed by atoms with E-state index in [2.05, 4.69) is 0 Å². The zero-order valence-corrected chi connectivity index (χ0v) is 24.1. The van der Waals surface area contributed by atoms with Crippen molar-refractivity contribution in [3.8, 4) is 11.5 Å². The highest BCUT2D eigenvalue weighted by Gasteiger charge is 2.11. The molecule has 0 amide bonds. The van der Waals surface area contributed by atoms with Gasteiger partial charge in [-0.2, -0.15) is 0 Å². The van der Waals surface area contributed by atoms with Gasteiger partial charge in [0.2, 0.25) is 6.41 Å². The topological polar surface area (TPSA) is 99.5 Å². The van der Waals surface area contributed by atoms with Crippen LogP contribution in [0.5, 0.6) is 11.5 Å². The fraction of sp³-hybridized carbons (Fsp3) is 0.250. The summed E-state index contributed by atoms with van der Waals surface area (Å²) in [6.45, 7) is 1.45. The Balaban J connectivity index is 0.000000227. The van der Waals surface area contributed by atoms with E-state index in [0.29, 0.717) is 16.5 Å². The Morgan fingerprint density at radius 2 is 1.18 bits per heavy atom. The third-order valence-corrected chi connectivity index (χ3v) is 5.79. The number of fused-ring (bicyclic) bond motifs is 2. The van der Waals surface area contributed by atoms with E-state index < -0.39 is 0 Å². The van der Waals surface area contributed by atoms with Gasteiger partial charge in [-0.3, -0.25) is 14.5 Å². The minimum atomic E-state index is -0.213. The lowest BCUT2D eigenvalue weighted by Gasteiger charge is -2.19. The molecule has 0 fully saturated rings. The van der Waals surface area contributed by atoms with Crippen LogP contribution >= 0.6 is 0 Å². The Labute approximate surface area is 235 Å². The smallest absolute Gasteiger partial charge is 0.217 e. The molecule has 0 saturated heterocycles. The molecule has 4 rings (SSSR count). The zero-order chi connectivity index (χ0) is 29.8. The van der Waals surface area contributed by atoms with Crippen LogP contribution in [-0.4, -0.2) is 80.4 Å². The Hall–Kier alpha value is -4.24. The van der Waals surface area contributed by atoms with Gasteiger partial charge in [0, 0.05) is 51.4 Å². The van der Waals surface area contributed by atoms with Crippen molar-refractivity contribution in [2.75, 3.05) is 42.4 Å².